The number of nitrogens with zero attached hydrogens (tertiary/aromatic N) is 3. The summed E-state index contributed by atoms with van der Waals surface area (Å²) in [6.45, 7) is 1.92. The van der Waals surface area contributed by atoms with Crippen molar-refractivity contribution in [2.75, 3.05) is 18.0 Å². The lowest BCUT2D eigenvalue weighted by molar-refractivity contribution is -0.125. The van der Waals surface area contributed by atoms with Crippen LogP contribution in [0, 0.1) is 5.92 Å². The zero-order valence-electron chi connectivity index (χ0n) is 15.3. The topological polar surface area (TPSA) is 71.3 Å². The number of benzene rings is 1. The number of nitrogens with one attached hydrogen (secondary N) is 1. The highest BCUT2D eigenvalue weighted by Crippen LogP contribution is 2.24. The second kappa shape index (κ2) is 8.44. The number of anilines is 1. The molecule has 1 fully saturated rings. The summed E-state index contributed by atoms with van der Waals surface area (Å²) in [6.07, 6.45) is 3.42. The van der Waals surface area contributed by atoms with Gasteiger partial charge in [0.2, 0.25) is 5.91 Å². The molecule has 1 aliphatic heterocycles. The Labute approximate surface area is 168 Å². The van der Waals surface area contributed by atoms with Gasteiger partial charge in [0.15, 0.2) is 5.82 Å². The van der Waals surface area contributed by atoms with Crippen LogP contribution in [0.1, 0.15) is 18.6 Å². The number of carbonyl (C=O) groups is 1. The quantitative estimate of drug-likeness (QED) is 0.707. The molecule has 1 unspecified atom stereocenters. The van der Waals surface area contributed by atoms with Gasteiger partial charge in [0, 0.05) is 23.7 Å². The van der Waals surface area contributed by atoms with E-state index >= 15 is 0 Å². The molecule has 0 saturated carbocycles. The molecular formula is C21H21ClN4O2. The Balaban J connectivity index is 1.38. The molecule has 144 valence electrons. The molecule has 3 aromatic rings. The van der Waals surface area contributed by atoms with Crippen LogP contribution >= 0.6 is 11.6 Å². The average molecular weight is 397 g/mol. The van der Waals surface area contributed by atoms with Gasteiger partial charge in [-0.3, -0.25) is 4.79 Å². The summed E-state index contributed by atoms with van der Waals surface area (Å²) in [7, 11) is 0. The molecule has 2 aromatic heterocycles. The van der Waals surface area contributed by atoms with E-state index in [4.69, 9.17) is 16.0 Å². The Hall–Kier alpha value is -2.86. The van der Waals surface area contributed by atoms with Crippen molar-refractivity contribution in [2.24, 2.45) is 5.92 Å². The second-order valence-electron chi connectivity index (χ2n) is 6.87. The zero-order valence-corrected chi connectivity index (χ0v) is 16.1. The molecule has 1 saturated heterocycles. The largest absolute Gasteiger partial charge is 0.467 e. The summed E-state index contributed by atoms with van der Waals surface area (Å²) < 4.78 is 5.27. The number of rotatable bonds is 5. The van der Waals surface area contributed by atoms with Gasteiger partial charge < -0.3 is 14.6 Å². The SMILES string of the molecule is O=C(NCc1ccco1)C1CCCN(c2ccc(-c3ccc(Cl)cc3)nn2)C1. The predicted octanol–water partition coefficient (Wildman–Crippen LogP) is 3.92. The van der Waals surface area contributed by atoms with Gasteiger partial charge in [-0.25, -0.2) is 0 Å². The van der Waals surface area contributed by atoms with Crippen molar-refractivity contribution in [1.82, 2.24) is 15.5 Å². The number of carbonyl (C=O) groups excluding carboxylic acids is 1. The van der Waals surface area contributed by atoms with Gasteiger partial charge in [0.25, 0.3) is 0 Å². The standard InChI is InChI=1S/C21H21ClN4O2/c22-17-7-5-15(6-8-17)19-9-10-20(25-24-19)26-11-1-3-16(14-26)21(27)23-13-18-4-2-12-28-18/h2,4-10,12,16H,1,3,11,13-14H2,(H,23,27). The van der Waals surface area contributed by atoms with Crippen LogP contribution in [0.4, 0.5) is 5.82 Å². The number of piperidine rings is 1. The third kappa shape index (κ3) is 4.34. The first kappa shape index (κ1) is 18.5. The van der Waals surface area contributed by atoms with Gasteiger partial charge >= 0.3 is 0 Å². The van der Waals surface area contributed by atoms with Crippen molar-refractivity contribution in [3.05, 3.63) is 65.6 Å². The maximum Gasteiger partial charge on any atom is 0.225 e. The third-order valence-electron chi connectivity index (χ3n) is 4.92. The second-order valence-corrected chi connectivity index (χ2v) is 7.30. The summed E-state index contributed by atoms with van der Waals surface area (Å²) in [5, 5.41) is 12.4. The van der Waals surface area contributed by atoms with Crippen LogP contribution < -0.4 is 10.2 Å². The molecule has 1 atom stereocenters. The molecule has 3 heterocycles. The molecule has 28 heavy (non-hydrogen) atoms. The minimum atomic E-state index is -0.0681. The van der Waals surface area contributed by atoms with E-state index in [9.17, 15) is 4.79 Å². The van der Waals surface area contributed by atoms with Gasteiger partial charge in [-0.2, -0.15) is 0 Å². The average Bonchev–Trinajstić information content (AvgIpc) is 3.26. The van der Waals surface area contributed by atoms with Gasteiger partial charge in [-0.05, 0) is 49.2 Å². The van der Waals surface area contributed by atoms with E-state index in [1.54, 1.807) is 6.26 Å². The highest BCUT2D eigenvalue weighted by molar-refractivity contribution is 6.30. The summed E-state index contributed by atoms with van der Waals surface area (Å²) in [4.78, 5) is 14.6. The van der Waals surface area contributed by atoms with Crippen molar-refractivity contribution in [3.8, 4) is 11.3 Å². The van der Waals surface area contributed by atoms with E-state index in [2.05, 4.69) is 20.4 Å². The van der Waals surface area contributed by atoms with Crippen LogP contribution in [0.5, 0.6) is 0 Å². The highest BCUT2D eigenvalue weighted by atomic mass is 35.5. The maximum atomic E-state index is 12.5. The van der Waals surface area contributed by atoms with Crippen molar-refractivity contribution in [1.29, 1.82) is 0 Å². The van der Waals surface area contributed by atoms with E-state index < -0.39 is 0 Å². The molecule has 0 bridgehead atoms. The first-order chi connectivity index (χ1) is 13.7. The van der Waals surface area contributed by atoms with Crippen LogP contribution in [-0.2, 0) is 11.3 Å². The van der Waals surface area contributed by atoms with E-state index in [0.29, 0.717) is 18.1 Å². The van der Waals surface area contributed by atoms with Crippen molar-refractivity contribution in [2.45, 2.75) is 19.4 Å². The first-order valence-corrected chi connectivity index (χ1v) is 9.71. The molecule has 0 aliphatic carbocycles. The van der Waals surface area contributed by atoms with Crippen LogP contribution in [0.3, 0.4) is 0 Å². The van der Waals surface area contributed by atoms with Gasteiger partial charge in [-0.1, -0.05) is 23.7 Å². The Morgan fingerprint density at radius 1 is 1.18 bits per heavy atom. The molecular weight excluding hydrogens is 376 g/mol. The number of aromatic nitrogens is 2. The number of halogens is 1. The van der Waals surface area contributed by atoms with E-state index in [0.717, 1.165) is 42.2 Å². The fourth-order valence-corrected chi connectivity index (χ4v) is 3.53. The fraction of sp³-hybridized carbons (Fsp3) is 0.286. The van der Waals surface area contributed by atoms with E-state index in [-0.39, 0.29) is 11.8 Å². The lowest BCUT2D eigenvalue weighted by Crippen LogP contribution is -2.43. The predicted molar refractivity (Wildman–Crippen MR) is 108 cm³/mol. The Kier molecular flexibility index (Phi) is 5.58. The molecule has 4 rings (SSSR count). The monoisotopic (exact) mass is 396 g/mol. The fourth-order valence-electron chi connectivity index (χ4n) is 3.40. The minimum Gasteiger partial charge on any atom is -0.467 e. The summed E-state index contributed by atoms with van der Waals surface area (Å²) >= 11 is 5.94. The summed E-state index contributed by atoms with van der Waals surface area (Å²) in [5.41, 5.74) is 1.77. The number of hydrogen-bond acceptors (Lipinski definition) is 5. The zero-order chi connectivity index (χ0) is 19.3. The van der Waals surface area contributed by atoms with Crippen molar-refractivity contribution < 1.29 is 9.21 Å². The van der Waals surface area contributed by atoms with E-state index in [1.165, 1.54) is 0 Å². The minimum absolute atomic E-state index is 0.0480. The molecule has 1 aromatic carbocycles. The van der Waals surface area contributed by atoms with Gasteiger partial charge in [-0.15, -0.1) is 10.2 Å². The number of furan rings is 1. The van der Waals surface area contributed by atoms with Crippen LogP contribution in [0.2, 0.25) is 5.02 Å². The molecule has 7 heteroatoms. The summed E-state index contributed by atoms with van der Waals surface area (Å²) in [5.74, 6) is 1.53. The molecule has 0 spiro atoms. The number of hydrogen-bond donors (Lipinski definition) is 1. The third-order valence-corrected chi connectivity index (χ3v) is 5.18. The van der Waals surface area contributed by atoms with Crippen molar-refractivity contribution in [3.63, 3.8) is 0 Å². The highest BCUT2D eigenvalue weighted by Gasteiger charge is 2.26. The van der Waals surface area contributed by atoms with Crippen LogP contribution in [0.25, 0.3) is 11.3 Å². The molecule has 0 radical (unpaired) electrons. The van der Waals surface area contributed by atoms with Crippen LogP contribution in [0.15, 0.2) is 59.2 Å². The normalized spacial score (nSPS) is 16.8. The lowest BCUT2D eigenvalue weighted by Gasteiger charge is -2.32. The van der Waals surface area contributed by atoms with Gasteiger partial charge in [0.05, 0.1) is 24.4 Å². The van der Waals surface area contributed by atoms with Crippen molar-refractivity contribution >= 4 is 23.3 Å². The molecule has 1 N–H and O–H groups in total. The molecule has 1 amide bonds. The molecule has 6 nitrogen and oxygen atoms in total. The Morgan fingerprint density at radius 3 is 2.75 bits per heavy atom. The maximum absolute atomic E-state index is 12.5. The van der Waals surface area contributed by atoms with E-state index in [1.807, 2.05) is 48.5 Å². The van der Waals surface area contributed by atoms with Crippen LogP contribution in [-0.4, -0.2) is 29.2 Å². The lowest BCUT2D eigenvalue weighted by atomic mass is 9.97. The summed E-state index contributed by atoms with van der Waals surface area (Å²) in [6, 6.07) is 15.1. The first-order valence-electron chi connectivity index (χ1n) is 9.34. The Bertz CT molecular complexity index is 911. The van der Waals surface area contributed by atoms with Gasteiger partial charge in [0.1, 0.15) is 5.76 Å². The number of amides is 1. The molecule has 1 aliphatic rings. The smallest absolute Gasteiger partial charge is 0.225 e. The Morgan fingerprint density at radius 2 is 2.04 bits per heavy atom.